The van der Waals surface area contributed by atoms with Gasteiger partial charge in [-0.25, -0.2) is 9.18 Å². The van der Waals surface area contributed by atoms with E-state index in [-0.39, 0.29) is 12.2 Å². The number of aliphatic hydroxyl groups is 1. The Bertz CT molecular complexity index is 975. The van der Waals surface area contributed by atoms with Crippen LogP contribution in [0.2, 0.25) is 0 Å². The lowest BCUT2D eigenvalue weighted by molar-refractivity contribution is -0.194. The van der Waals surface area contributed by atoms with Gasteiger partial charge in [0.05, 0.1) is 0 Å². The molecule has 164 valence electrons. The number of hydrogen-bond acceptors (Lipinski definition) is 4. The number of rotatable bonds is 4. The Morgan fingerprint density at radius 3 is 2.32 bits per heavy atom. The van der Waals surface area contributed by atoms with Crippen molar-refractivity contribution in [3.63, 3.8) is 0 Å². The molecule has 0 heterocycles. The van der Waals surface area contributed by atoms with Crippen LogP contribution in [0.25, 0.3) is 6.08 Å². The fourth-order valence-electron chi connectivity index (χ4n) is 3.97. The molecule has 0 aliphatic heterocycles. The molecule has 1 saturated carbocycles. The zero-order chi connectivity index (χ0) is 22.9. The van der Waals surface area contributed by atoms with Gasteiger partial charge in [0.2, 0.25) is 5.67 Å². The zero-order valence-electron chi connectivity index (χ0n) is 18.4. The van der Waals surface area contributed by atoms with E-state index in [0.29, 0.717) is 11.1 Å². The van der Waals surface area contributed by atoms with Crippen molar-refractivity contribution in [1.29, 1.82) is 0 Å². The number of esters is 1. The number of aryl methyl sites for hydroxylation is 1. The Kier molecular flexibility index (Phi) is 6.19. The first kappa shape index (κ1) is 22.9. The quantitative estimate of drug-likeness (QED) is 0.707. The monoisotopic (exact) mass is 424 g/mol. The largest absolute Gasteiger partial charge is 0.457 e. The molecule has 5 heteroatoms. The minimum Gasteiger partial charge on any atom is -0.457 e. The Morgan fingerprint density at radius 2 is 1.74 bits per heavy atom. The van der Waals surface area contributed by atoms with Crippen LogP contribution in [0.5, 0.6) is 0 Å². The Hall–Kier alpha value is -2.79. The molecule has 0 unspecified atom stereocenters. The third-order valence-electron chi connectivity index (χ3n) is 5.54. The van der Waals surface area contributed by atoms with Crippen LogP contribution in [0.15, 0.2) is 60.7 Å². The van der Waals surface area contributed by atoms with Gasteiger partial charge in [0.25, 0.3) is 0 Å². The van der Waals surface area contributed by atoms with Gasteiger partial charge in [0, 0.05) is 18.8 Å². The average Bonchev–Trinajstić information content (AvgIpc) is 2.69. The van der Waals surface area contributed by atoms with E-state index in [9.17, 15) is 14.7 Å². The highest BCUT2D eigenvalue weighted by molar-refractivity contribution is 5.92. The standard InChI is InChI=1S/C26H29FO4/c1-18-10-12-20(13-11-18)22-16-21(28)17-25(30,15-14-19-8-6-5-7-9-19)26(22,27)23(29)31-24(2,3)4/h5-15,22,30H,16-17H2,1-4H3/b15-14+/t22-,25+,26-/m0/s1. The summed E-state index contributed by atoms with van der Waals surface area (Å²) >= 11 is 0. The number of alkyl halides is 1. The lowest BCUT2D eigenvalue weighted by Crippen LogP contribution is -2.63. The van der Waals surface area contributed by atoms with Crippen molar-refractivity contribution >= 4 is 17.8 Å². The zero-order valence-corrected chi connectivity index (χ0v) is 18.4. The maximum absolute atomic E-state index is 16.9. The van der Waals surface area contributed by atoms with E-state index >= 15 is 4.39 Å². The first-order valence-corrected chi connectivity index (χ1v) is 10.4. The fourth-order valence-corrected chi connectivity index (χ4v) is 3.97. The van der Waals surface area contributed by atoms with E-state index in [2.05, 4.69) is 0 Å². The molecule has 1 aliphatic carbocycles. The van der Waals surface area contributed by atoms with Gasteiger partial charge < -0.3 is 9.84 Å². The normalized spacial score (nSPS) is 26.8. The molecule has 1 aliphatic rings. The molecule has 1 fully saturated rings. The van der Waals surface area contributed by atoms with Gasteiger partial charge in [-0.05, 0) is 44.9 Å². The summed E-state index contributed by atoms with van der Waals surface area (Å²) in [5.74, 6) is -2.66. The van der Waals surface area contributed by atoms with Crippen LogP contribution in [0.3, 0.4) is 0 Å². The molecular weight excluding hydrogens is 395 g/mol. The molecule has 3 atom stereocenters. The number of carbonyl (C=O) groups is 2. The first-order chi connectivity index (χ1) is 14.4. The molecule has 3 rings (SSSR count). The summed E-state index contributed by atoms with van der Waals surface area (Å²) in [7, 11) is 0. The molecule has 2 aromatic carbocycles. The molecule has 4 nitrogen and oxygen atoms in total. The van der Waals surface area contributed by atoms with Crippen molar-refractivity contribution < 1.29 is 23.8 Å². The summed E-state index contributed by atoms with van der Waals surface area (Å²) < 4.78 is 22.4. The number of benzene rings is 2. The van der Waals surface area contributed by atoms with Gasteiger partial charge in [0.1, 0.15) is 17.0 Å². The molecule has 0 spiro atoms. The SMILES string of the molecule is Cc1ccc([C@@H]2CC(=O)C[C@](O)(/C=C/c3ccccc3)[C@@]2(F)C(=O)OC(C)(C)C)cc1. The summed E-state index contributed by atoms with van der Waals surface area (Å²) in [5.41, 5.74) is -4.00. The van der Waals surface area contributed by atoms with E-state index in [1.807, 2.05) is 13.0 Å². The maximum atomic E-state index is 16.9. The van der Waals surface area contributed by atoms with E-state index in [1.54, 1.807) is 69.3 Å². The van der Waals surface area contributed by atoms with Crippen molar-refractivity contribution in [2.75, 3.05) is 0 Å². The summed E-state index contributed by atoms with van der Waals surface area (Å²) in [6.45, 7) is 6.82. The summed E-state index contributed by atoms with van der Waals surface area (Å²) in [6, 6.07) is 16.0. The van der Waals surface area contributed by atoms with Crippen LogP contribution in [0.4, 0.5) is 4.39 Å². The van der Waals surface area contributed by atoms with Gasteiger partial charge in [-0.1, -0.05) is 66.2 Å². The second-order valence-corrected chi connectivity index (χ2v) is 9.26. The molecule has 1 N–H and O–H groups in total. The molecule has 0 aromatic heterocycles. The summed E-state index contributed by atoms with van der Waals surface area (Å²) in [5, 5.41) is 11.5. The first-order valence-electron chi connectivity index (χ1n) is 10.4. The van der Waals surface area contributed by atoms with Crippen LogP contribution in [0.1, 0.15) is 56.2 Å². The highest BCUT2D eigenvalue weighted by Gasteiger charge is 2.66. The van der Waals surface area contributed by atoms with Gasteiger partial charge in [-0.3, -0.25) is 4.79 Å². The maximum Gasteiger partial charge on any atom is 0.348 e. The van der Waals surface area contributed by atoms with Crippen LogP contribution in [-0.2, 0) is 14.3 Å². The van der Waals surface area contributed by atoms with Crippen LogP contribution in [0, 0.1) is 6.92 Å². The number of ketones is 1. The van der Waals surface area contributed by atoms with E-state index in [1.165, 1.54) is 12.2 Å². The van der Waals surface area contributed by atoms with E-state index < -0.39 is 35.2 Å². The predicted molar refractivity (Wildman–Crippen MR) is 118 cm³/mol. The fraction of sp³-hybridized carbons (Fsp3) is 0.385. The second kappa shape index (κ2) is 8.39. The van der Waals surface area contributed by atoms with Gasteiger partial charge in [0.15, 0.2) is 0 Å². The molecule has 2 aromatic rings. The number of halogens is 1. The summed E-state index contributed by atoms with van der Waals surface area (Å²) in [4.78, 5) is 25.8. The molecule has 0 saturated heterocycles. The summed E-state index contributed by atoms with van der Waals surface area (Å²) in [6.07, 6.45) is 2.06. The average molecular weight is 425 g/mol. The van der Waals surface area contributed by atoms with Crippen LogP contribution in [-0.4, -0.2) is 33.7 Å². The Labute approximate surface area is 182 Å². The van der Waals surface area contributed by atoms with Crippen LogP contribution >= 0.6 is 0 Å². The number of hydrogen-bond donors (Lipinski definition) is 1. The minimum atomic E-state index is -2.84. The van der Waals surface area contributed by atoms with E-state index in [4.69, 9.17) is 4.74 Å². The van der Waals surface area contributed by atoms with Crippen LogP contribution < -0.4 is 0 Å². The van der Waals surface area contributed by atoms with Crippen molar-refractivity contribution in [3.05, 3.63) is 77.4 Å². The van der Waals surface area contributed by atoms with Gasteiger partial charge in [-0.15, -0.1) is 0 Å². The molecule has 0 amide bonds. The predicted octanol–water partition coefficient (Wildman–Crippen LogP) is 4.94. The Morgan fingerprint density at radius 1 is 1.13 bits per heavy atom. The lowest BCUT2D eigenvalue weighted by Gasteiger charge is -2.46. The van der Waals surface area contributed by atoms with E-state index in [0.717, 1.165) is 5.56 Å². The molecular formula is C26H29FO4. The van der Waals surface area contributed by atoms with Crippen molar-refractivity contribution in [1.82, 2.24) is 0 Å². The molecule has 0 bridgehead atoms. The smallest absolute Gasteiger partial charge is 0.348 e. The molecule has 31 heavy (non-hydrogen) atoms. The second-order valence-electron chi connectivity index (χ2n) is 9.26. The van der Waals surface area contributed by atoms with Crippen molar-refractivity contribution in [3.8, 4) is 0 Å². The topological polar surface area (TPSA) is 63.6 Å². The number of Topliss-reactive ketones (excluding diaryl/α,β-unsaturated/α-hetero) is 1. The third-order valence-corrected chi connectivity index (χ3v) is 5.54. The lowest BCUT2D eigenvalue weighted by atomic mass is 9.63. The molecule has 0 radical (unpaired) electrons. The van der Waals surface area contributed by atoms with Crippen molar-refractivity contribution in [2.24, 2.45) is 0 Å². The highest BCUT2D eigenvalue weighted by Crippen LogP contribution is 2.50. The van der Waals surface area contributed by atoms with Gasteiger partial charge >= 0.3 is 5.97 Å². The number of carbonyl (C=O) groups excluding carboxylic acids is 2. The highest BCUT2D eigenvalue weighted by atomic mass is 19.1. The number of ether oxygens (including phenoxy) is 1. The third kappa shape index (κ3) is 4.77. The van der Waals surface area contributed by atoms with Gasteiger partial charge in [-0.2, -0.15) is 0 Å². The van der Waals surface area contributed by atoms with Crippen molar-refractivity contribution in [2.45, 2.75) is 63.3 Å². The Balaban J connectivity index is 2.13. The minimum absolute atomic E-state index is 0.194.